The maximum Gasteiger partial charge on any atom is 0.0706 e. The number of pyridine rings is 1. The largest absolute Gasteiger partial charge is 0.252 e. The van der Waals surface area contributed by atoms with Crippen LogP contribution in [0.15, 0.2) is 30.3 Å². The minimum Gasteiger partial charge on any atom is -0.252 e. The molecule has 68 valence electrons. The van der Waals surface area contributed by atoms with E-state index in [9.17, 15) is 0 Å². The van der Waals surface area contributed by atoms with E-state index < -0.39 is 0 Å². The van der Waals surface area contributed by atoms with E-state index in [4.69, 9.17) is 11.6 Å². The van der Waals surface area contributed by atoms with Crippen LogP contribution in [-0.4, -0.2) is 4.98 Å². The molecule has 2 rings (SSSR count). The lowest BCUT2D eigenvalue weighted by Crippen LogP contribution is -1.83. The first-order valence-electron chi connectivity index (χ1n) is 3.79. The lowest BCUT2D eigenvalue weighted by Gasteiger charge is -1.99. The third-order valence-corrected chi connectivity index (χ3v) is 2.24. The van der Waals surface area contributed by atoms with Crippen molar-refractivity contribution in [1.82, 2.24) is 4.98 Å². The molecule has 0 atom stereocenters. The molecule has 1 aromatic carbocycles. The molecule has 1 nitrogen and oxygen atoms in total. The Morgan fingerprint density at radius 3 is 2.69 bits per heavy atom. The van der Waals surface area contributed by atoms with Crippen LogP contribution >= 0.6 is 24.0 Å². The van der Waals surface area contributed by atoms with Crippen LogP contribution in [0.3, 0.4) is 0 Å². The zero-order valence-corrected chi connectivity index (χ0v) is 8.69. The predicted molar refractivity (Wildman–Crippen MR) is 58.7 cm³/mol. The Labute approximate surface area is 88.2 Å². The molecule has 0 aliphatic rings. The first-order valence-corrected chi connectivity index (χ1v) is 4.17. The van der Waals surface area contributed by atoms with Crippen molar-refractivity contribution in [3.8, 4) is 0 Å². The number of rotatable bonds is 0. The maximum absolute atomic E-state index is 5.93. The summed E-state index contributed by atoms with van der Waals surface area (Å²) >= 11 is 5.93. The highest BCUT2D eigenvalue weighted by Gasteiger charge is 1.98. The molecule has 13 heavy (non-hydrogen) atoms. The normalized spacial score (nSPS) is 9.69. The van der Waals surface area contributed by atoms with Crippen LogP contribution in [0.5, 0.6) is 0 Å². The fourth-order valence-electron chi connectivity index (χ4n) is 1.19. The van der Waals surface area contributed by atoms with E-state index in [1.54, 1.807) is 0 Å². The fraction of sp³-hybridized carbons (Fsp3) is 0.100. The average Bonchev–Trinajstić information content (AvgIpc) is 2.07. The van der Waals surface area contributed by atoms with Gasteiger partial charge in [0.05, 0.1) is 16.2 Å². The summed E-state index contributed by atoms with van der Waals surface area (Å²) in [6.45, 7) is 1.91. The highest BCUT2D eigenvalue weighted by atomic mass is 35.5. The number of halogens is 2. The van der Waals surface area contributed by atoms with Gasteiger partial charge < -0.3 is 0 Å². The SMILES string of the molecule is Cc1nc2ccccc2cc1Cl.Cl. The molecule has 0 fully saturated rings. The molecule has 0 saturated heterocycles. The van der Waals surface area contributed by atoms with Crippen molar-refractivity contribution < 1.29 is 0 Å². The molecule has 2 aromatic rings. The number of hydrogen-bond acceptors (Lipinski definition) is 1. The first-order chi connectivity index (χ1) is 5.77. The third kappa shape index (κ3) is 1.93. The van der Waals surface area contributed by atoms with Gasteiger partial charge in [-0.2, -0.15) is 0 Å². The molecular formula is C10H9Cl2N. The number of fused-ring (bicyclic) bond motifs is 1. The second-order valence-corrected chi connectivity index (χ2v) is 3.16. The van der Waals surface area contributed by atoms with Gasteiger partial charge in [0, 0.05) is 5.39 Å². The molecule has 0 aliphatic heterocycles. The Bertz CT molecular complexity index is 386. The van der Waals surface area contributed by atoms with E-state index in [1.165, 1.54) is 0 Å². The van der Waals surface area contributed by atoms with Gasteiger partial charge >= 0.3 is 0 Å². The summed E-state index contributed by atoms with van der Waals surface area (Å²) in [5, 5.41) is 1.82. The molecule has 0 spiro atoms. The zero-order chi connectivity index (χ0) is 8.55. The highest BCUT2D eigenvalue weighted by Crippen LogP contribution is 2.19. The van der Waals surface area contributed by atoms with Crippen LogP contribution in [0, 0.1) is 6.92 Å². The quantitative estimate of drug-likeness (QED) is 0.652. The van der Waals surface area contributed by atoms with Gasteiger partial charge in [0.1, 0.15) is 0 Å². The molecule has 0 N–H and O–H groups in total. The van der Waals surface area contributed by atoms with Crippen LogP contribution in [0.25, 0.3) is 10.9 Å². The van der Waals surface area contributed by atoms with Crippen LogP contribution in [-0.2, 0) is 0 Å². The fourth-order valence-corrected chi connectivity index (χ4v) is 1.35. The van der Waals surface area contributed by atoms with Crippen molar-refractivity contribution in [2.45, 2.75) is 6.92 Å². The number of benzene rings is 1. The van der Waals surface area contributed by atoms with Gasteiger partial charge in [-0.05, 0) is 19.1 Å². The number of hydrogen-bond donors (Lipinski definition) is 0. The second kappa shape index (κ2) is 3.95. The van der Waals surface area contributed by atoms with Gasteiger partial charge in [-0.3, -0.25) is 4.98 Å². The second-order valence-electron chi connectivity index (χ2n) is 2.75. The molecule has 1 aromatic heterocycles. The van der Waals surface area contributed by atoms with Crippen molar-refractivity contribution in [2.24, 2.45) is 0 Å². The number of para-hydroxylation sites is 1. The average molecular weight is 214 g/mol. The summed E-state index contributed by atoms with van der Waals surface area (Å²) in [7, 11) is 0. The van der Waals surface area contributed by atoms with E-state index in [1.807, 2.05) is 37.3 Å². The van der Waals surface area contributed by atoms with Crippen LogP contribution in [0.4, 0.5) is 0 Å². The van der Waals surface area contributed by atoms with Crippen molar-refractivity contribution in [3.05, 3.63) is 41.0 Å². The van der Waals surface area contributed by atoms with Crippen LogP contribution in [0.2, 0.25) is 5.02 Å². The van der Waals surface area contributed by atoms with Crippen molar-refractivity contribution in [3.63, 3.8) is 0 Å². The molecule has 0 radical (unpaired) electrons. The topological polar surface area (TPSA) is 12.9 Å². The van der Waals surface area contributed by atoms with Crippen molar-refractivity contribution in [2.75, 3.05) is 0 Å². The predicted octanol–water partition coefficient (Wildman–Crippen LogP) is 3.62. The molecular weight excluding hydrogens is 205 g/mol. The summed E-state index contributed by atoms with van der Waals surface area (Å²) in [4.78, 5) is 4.34. The lowest BCUT2D eigenvalue weighted by molar-refractivity contribution is 1.26. The van der Waals surface area contributed by atoms with Gasteiger partial charge in [-0.15, -0.1) is 12.4 Å². The Morgan fingerprint density at radius 1 is 1.23 bits per heavy atom. The van der Waals surface area contributed by atoms with Gasteiger partial charge in [0.15, 0.2) is 0 Å². The highest BCUT2D eigenvalue weighted by molar-refractivity contribution is 6.31. The monoisotopic (exact) mass is 213 g/mol. The van der Waals surface area contributed by atoms with Crippen molar-refractivity contribution in [1.29, 1.82) is 0 Å². The summed E-state index contributed by atoms with van der Waals surface area (Å²) in [5.74, 6) is 0. The Kier molecular flexibility index (Phi) is 3.12. The number of nitrogens with zero attached hydrogens (tertiary/aromatic N) is 1. The van der Waals surface area contributed by atoms with Gasteiger partial charge in [-0.1, -0.05) is 29.8 Å². The van der Waals surface area contributed by atoms with E-state index in [-0.39, 0.29) is 12.4 Å². The maximum atomic E-state index is 5.93. The van der Waals surface area contributed by atoms with Gasteiger partial charge in [-0.25, -0.2) is 0 Å². The molecule has 1 heterocycles. The number of aryl methyl sites for hydroxylation is 1. The van der Waals surface area contributed by atoms with Crippen LogP contribution in [0.1, 0.15) is 5.69 Å². The molecule has 0 amide bonds. The molecule has 3 heteroatoms. The minimum absolute atomic E-state index is 0. The van der Waals surface area contributed by atoms with E-state index in [0.717, 1.165) is 21.6 Å². The summed E-state index contributed by atoms with van der Waals surface area (Å²) in [6.07, 6.45) is 0. The summed E-state index contributed by atoms with van der Waals surface area (Å²) < 4.78 is 0. The van der Waals surface area contributed by atoms with E-state index >= 15 is 0 Å². The summed E-state index contributed by atoms with van der Waals surface area (Å²) in [6, 6.07) is 9.89. The standard InChI is InChI=1S/C10H8ClN.ClH/c1-7-9(11)6-8-4-2-3-5-10(8)12-7;/h2-6H,1H3;1H. The zero-order valence-electron chi connectivity index (χ0n) is 7.12. The van der Waals surface area contributed by atoms with Gasteiger partial charge in [0.25, 0.3) is 0 Å². The first kappa shape index (κ1) is 10.3. The minimum atomic E-state index is 0. The summed E-state index contributed by atoms with van der Waals surface area (Å²) in [5.41, 5.74) is 1.88. The molecule has 0 aliphatic carbocycles. The smallest absolute Gasteiger partial charge is 0.0706 e. The lowest BCUT2D eigenvalue weighted by atomic mass is 10.2. The molecule has 0 bridgehead atoms. The molecule has 0 saturated carbocycles. The van der Waals surface area contributed by atoms with Crippen molar-refractivity contribution >= 4 is 34.9 Å². The number of aromatic nitrogens is 1. The molecule has 0 unspecified atom stereocenters. The third-order valence-electron chi connectivity index (χ3n) is 1.85. The Morgan fingerprint density at radius 2 is 1.92 bits per heavy atom. The van der Waals surface area contributed by atoms with Crippen LogP contribution < -0.4 is 0 Å². The van der Waals surface area contributed by atoms with E-state index in [2.05, 4.69) is 4.98 Å². The van der Waals surface area contributed by atoms with E-state index in [0.29, 0.717) is 0 Å². The Hall–Kier alpha value is -0.790. The Balaban J connectivity index is 0.000000845. The van der Waals surface area contributed by atoms with Gasteiger partial charge in [0.2, 0.25) is 0 Å².